The summed E-state index contributed by atoms with van der Waals surface area (Å²) in [6.07, 6.45) is -0.802. The fourth-order valence-electron chi connectivity index (χ4n) is 4.01. The molecule has 3 aromatic carbocycles. The molecule has 0 radical (unpaired) electrons. The van der Waals surface area contributed by atoms with Crippen molar-refractivity contribution in [3.8, 4) is 11.5 Å². The smallest absolute Gasteiger partial charge is 0.253 e. The summed E-state index contributed by atoms with van der Waals surface area (Å²) >= 11 is 0. The summed E-state index contributed by atoms with van der Waals surface area (Å²) in [4.78, 5) is 26.5. The Morgan fingerprint density at radius 2 is 1.16 bits per heavy atom. The van der Waals surface area contributed by atoms with Crippen molar-refractivity contribution < 1.29 is 19.1 Å². The maximum atomic E-state index is 13.3. The van der Waals surface area contributed by atoms with E-state index in [0.717, 1.165) is 11.1 Å². The van der Waals surface area contributed by atoms with Gasteiger partial charge in [0.15, 0.2) is 11.5 Å². The number of ether oxygens (including phenoxy) is 2. The third kappa shape index (κ3) is 7.15. The lowest BCUT2D eigenvalue weighted by atomic mass is 9.86. The maximum Gasteiger partial charge on any atom is 0.253 e. The van der Waals surface area contributed by atoms with Gasteiger partial charge in [0.2, 0.25) is 0 Å². The van der Waals surface area contributed by atoms with Crippen molar-refractivity contribution in [2.75, 3.05) is 13.7 Å². The Morgan fingerprint density at radius 3 is 1.53 bits per heavy atom. The fraction of sp³-hybridized carbons (Fsp3) is 0.375. The van der Waals surface area contributed by atoms with Crippen LogP contribution in [-0.2, 0) is 10.8 Å². The number of methoxy groups -OCH3 is 1. The zero-order chi connectivity index (χ0) is 28.1. The highest BCUT2D eigenvalue weighted by Gasteiger charge is 2.22. The molecule has 38 heavy (non-hydrogen) atoms. The Labute approximate surface area is 226 Å². The molecule has 2 amide bonds. The van der Waals surface area contributed by atoms with E-state index in [2.05, 4.69) is 52.2 Å². The number of benzene rings is 3. The minimum absolute atomic E-state index is 0.0209. The largest absolute Gasteiger partial charge is 0.493 e. The number of carbonyl (C=O) groups is 2. The molecular weight excluding hydrogens is 476 g/mol. The summed E-state index contributed by atoms with van der Waals surface area (Å²) < 4.78 is 11.1. The normalized spacial score (nSPS) is 11.7. The molecule has 0 aromatic heterocycles. The first-order valence-electron chi connectivity index (χ1n) is 13.0. The average Bonchev–Trinajstić information content (AvgIpc) is 2.87. The molecule has 0 fully saturated rings. The van der Waals surface area contributed by atoms with Crippen molar-refractivity contribution in [1.82, 2.24) is 10.6 Å². The van der Waals surface area contributed by atoms with Gasteiger partial charge < -0.3 is 20.1 Å². The minimum atomic E-state index is -0.802. The van der Waals surface area contributed by atoms with Crippen LogP contribution in [0.1, 0.15) is 92.0 Å². The summed E-state index contributed by atoms with van der Waals surface area (Å²) in [5.41, 5.74) is 3.89. The Bertz CT molecular complexity index is 1180. The van der Waals surface area contributed by atoms with Gasteiger partial charge >= 0.3 is 0 Å². The van der Waals surface area contributed by atoms with E-state index in [1.165, 1.54) is 0 Å². The van der Waals surface area contributed by atoms with Gasteiger partial charge in [0, 0.05) is 11.1 Å². The molecule has 0 saturated carbocycles. The second kappa shape index (κ2) is 11.7. The lowest BCUT2D eigenvalue weighted by Crippen LogP contribution is -2.41. The number of amides is 2. The van der Waals surface area contributed by atoms with Crippen molar-refractivity contribution in [1.29, 1.82) is 0 Å². The summed E-state index contributed by atoms with van der Waals surface area (Å²) in [6.45, 7) is 15.1. The molecule has 0 aliphatic carbocycles. The van der Waals surface area contributed by atoms with E-state index in [1.807, 2.05) is 37.3 Å². The number of carbonyl (C=O) groups excluding carboxylic acids is 2. The summed E-state index contributed by atoms with van der Waals surface area (Å²) in [5, 5.41) is 5.96. The molecule has 0 aliphatic heterocycles. The molecule has 0 aliphatic rings. The molecule has 6 heteroatoms. The standard InChI is InChI=1S/C32H40N2O4/c1-9-38-26-19-14-23(20-27(26)37-8)28(33-29(35)21-10-15-24(16-11-21)31(2,3)4)34-30(36)22-12-17-25(18-13-22)32(5,6)7/h10-20,28H,9H2,1-8H3,(H,33,35)(H,34,36). The second-order valence-electron chi connectivity index (χ2n) is 11.4. The van der Waals surface area contributed by atoms with Gasteiger partial charge in [-0.15, -0.1) is 0 Å². The summed E-state index contributed by atoms with van der Waals surface area (Å²) in [7, 11) is 1.56. The monoisotopic (exact) mass is 516 g/mol. The average molecular weight is 517 g/mol. The molecule has 0 bridgehead atoms. The van der Waals surface area contributed by atoms with Crippen molar-refractivity contribution in [3.05, 3.63) is 94.5 Å². The first-order valence-corrected chi connectivity index (χ1v) is 13.0. The highest BCUT2D eigenvalue weighted by atomic mass is 16.5. The Kier molecular flexibility index (Phi) is 8.87. The molecule has 3 aromatic rings. The summed E-state index contributed by atoms with van der Waals surface area (Å²) in [6, 6.07) is 20.4. The number of hydrogen-bond acceptors (Lipinski definition) is 4. The minimum Gasteiger partial charge on any atom is -0.493 e. The zero-order valence-corrected chi connectivity index (χ0v) is 23.8. The van der Waals surface area contributed by atoms with E-state index in [9.17, 15) is 9.59 Å². The van der Waals surface area contributed by atoms with Gasteiger partial charge in [0.1, 0.15) is 6.17 Å². The zero-order valence-electron chi connectivity index (χ0n) is 23.8. The van der Waals surface area contributed by atoms with Gasteiger partial charge in [-0.3, -0.25) is 9.59 Å². The van der Waals surface area contributed by atoms with Gasteiger partial charge in [-0.05, 0) is 70.8 Å². The third-order valence-corrected chi connectivity index (χ3v) is 6.40. The van der Waals surface area contributed by atoms with Crippen molar-refractivity contribution in [3.63, 3.8) is 0 Å². The van der Waals surface area contributed by atoms with E-state index < -0.39 is 6.17 Å². The molecule has 0 atom stereocenters. The Balaban J connectivity index is 1.91. The first-order chi connectivity index (χ1) is 17.8. The van der Waals surface area contributed by atoms with Crippen molar-refractivity contribution >= 4 is 11.8 Å². The van der Waals surface area contributed by atoms with Crippen LogP contribution in [0.25, 0.3) is 0 Å². The van der Waals surface area contributed by atoms with Crippen molar-refractivity contribution in [2.45, 2.75) is 65.5 Å². The highest BCUT2D eigenvalue weighted by Crippen LogP contribution is 2.30. The van der Waals surface area contributed by atoms with E-state index in [1.54, 1.807) is 43.5 Å². The SMILES string of the molecule is CCOc1ccc(C(NC(=O)c2ccc(C(C)(C)C)cc2)NC(=O)c2ccc(C(C)(C)C)cc2)cc1OC. The van der Waals surface area contributed by atoms with Crippen LogP contribution in [0.3, 0.4) is 0 Å². The second-order valence-corrected chi connectivity index (χ2v) is 11.4. The van der Waals surface area contributed by atoms with E-state index >= 15 is 0 Å². The number of nitrogens with one attached hydrogen (secondary N) is 2. The van der Waals surface area contributed by atoms with Crippen LogP contribution in [0.4, 0.5) is 0 Å². The Hall–Kier alpha value is -3.80. The highest BCUT2D eigenvalue weighted by molar-refractivity contribution is 5.97. The molecule has 3 rings (SSSR count). The topological polar surface area (TPSA) is 76.7 Å². The third-order valence-electron chi connectivity index (χ3n) is 6.40. The molecule has 0 unspecified atom stereocenters. The number of hydrogen-bond donors (Lipinski definition) is 2. The van der Waals surface area contributed by atoms with Crippen LogP contribution in [0, 0.1) is 0 Å². The van der Waals surface area contributed by atoms with Crippen LogP contribution < -0.4 is 20.1 Å². The molecule has 0 heterocycles. The van der Waals surface area contributed by atoms with Crippen LogP contribution in [0.5, 0.6) is 11.5 Å². The fourth-order valence-corrected chi connectivity index (χ4v) is 4.01. The van der Waals surface area contributed by atoms with Crippen LogP contribution in [0.2, 0.25) is 0 Å². The van der Waals surface area contributed by atoms with Gasteiger partial charge in [-0.2, -0.15) is 0 Å². The van der Waals surface area contributed by atoms with E-state index in [0.29, 0.717) is 34.8 Å². The maximum absolute atomic E-state index is 13.3. The quantitative estimate of drug-likeness (QED) is 0.333. The molecule has 2 N–H and O–H groups in total. The summed E-state index contributed by atoms with van der Waals surface area (Å²) in [5.74, 6) is 0.506. The number of rotatable bonds is 8. The van der Waals surface area contributed by atoms with E-state index in [4.69, 9.17) is 9.47 Å². The molecule has 0 spiro atoms. The predicted octanol–water partition coefficient (Wildman–Crippen LogP) is 6.55. The van der Waals surface area contributed by atoms with E-state index in [-0.39, 0.29) is 22.6 Å². The van der Waals surface area contributed by atoms with Gasteiger partial charge in [0.25, 0.3) is 11.8 Å². The molecule has 202 valence electrons. The lowest BCUT2D eigenvalue weighted by molar-refractivity contribution is 0.0883. The predicted molar refractivity (Wildman–Crippen MR) is 152 cm³/mol. The van der Waals surface area contributed by atoms with Gasteiger partial charge in [0.05, 0.1) is 13.7 Å². The van der Waals surface area contributed by atoms with Gasteiger partial charge in [-0.1, -0.05) is 71.9 Å². The molecule has 0 saturated heterocycles. The Morgan fingerprint density at radius 1 is 0.711 bits per heavy atom. The van der Waals surface area contributed by atoms with Crippen molar-refractivity contribution in [2.24, 2.45) is 0 Å². The first kappa shape index (κ1) is 28.8. The molecule has 6 nitrogen and oxygen atoms in total. The van der Waals surface area contributed by atoms with Crippen LogP contribution in [0.15, 0.2) is 66.7 Å². The lowest BCUT2D eigenvalue weighted by Gasteiger charge is -2.23. The van der Waals surface area contributed by atoms with Crippen LogP contribution in [-0.4, -0.2) is 25.5 Å². The molecular formula is C32H40N2O4. The van der Waals surface area contributed by atoms with Crippen LogP contribution >= 0.6 is 0 Å². The van der Waals surface area contributed by atoms with Gasteiger partial charge in [-0.25, -0.2) is 0 Å².